The highest BCUT2D eigenvalue weighted by atomic mass is 32.2. The zero-order valence-electron chi connectivity index (χ0n) is 12.6. The van der Waals surface area contributed by atoms with Gasteiger partial charge >= 0.3 is 0 Å². The molecule has 1 atom stereocenters. The van der Waals surface area contributed by atoms with Crippen molar-refractivity contribution < 1.29 is 4.79 Å². The Bertz CT molecular complexity index is 675. The number of nitriles is 1. The largest absolute Gasteiger partial charge is 0.333 e. The summed E-state index contributed by atoms with van der Waals surface area (Å²) in [6.07, 6.45) is 3.28. The quantitative estimate of drug-likeness (QED) is 0.811. The smallest absolute Gasteiger partial charge is 0.263 e. The van der Waals surface area contributed by atoms with Crippen LogP contribution in [-0.2, 0) is 6.42 Å². The topological polar surface area (TPSA) is 52.9 Å². The number of thioether (sulfide) groups is 1. The standard InChI is InChI=1S/C17H18N2OS2/c1-17(12-18,10-8-13-6-4-3-5-7-13)19-16(20)15-14(21-2)9-11-22-15/h3-7,9,11H,8,10H2,1-2H3,(H,19,20)/t17-/m0/s1. The molecule has 1 N–H and O–H groups in total. The molecule has 0 aliphatic rings. The summed E-state index contributed by atoms with van der Waals surface area (Å²) < 4.78 is 0. The maximum absolute atomic E-state index is 12.4. The molecule has 5 heteroatoms. The van der Waals surface area contributed by atoms with Crippen molar-refractivity contribution in [3.8, 4) is 6.07 Å². The van der Waals surface area contributed by atoms with Crippen LogP contribution in [0.5, 0.6) is 0 Å². The molecule has 114 valence electrons. The van der Waals surface area contributed by atoms with Crippen molar-refractivity contribution in [1.29, 1.82) is 5.26 Å². The lowest BCUT2D eigenvalue weighted by Crippen LogP contribution is -2.45. The van der Waals surface area contributed by atoms with E-state index in [1.54, 1.807) is 18.7 Å². The van der Waals surface area contributed by atoms with Gasteiger partial charge in [-0.3, -0.25) is 4.79 Å². The summed E-state index contributed by atoms with van der Waals surface area (Å²) >= 11 is 2.95. The number of thiophene rings is 1. The highest BCUT2D eigenvalue weighted by Crippen LogP contribution is 2.26. The fraction of sp³-hybridized carbons (Fsp3) is 0.294. The minimum absolute atomic E-state index is 0.170. The summed E-state index contributed by atoms with van der Waals surface area (Å²) in [6.45, 7) is 1.78. The van der Waals surface area contributed by atoms with Crippen LogP contribution in [0.4, 0.5) is 0 Å². The van der Waals surface area contributed by atoms with E-state index in [-0.39, 0.29) is 5.91 Å². The Morgan fingerprint density at radius 3 is 2.73 bits per heavy atom. The van der Waals surface area contributed by atoms with Gasteiger partial charge in [0.25, 0.3) is 5.91 Å². The van der Waals surface area contributed by atoms with Gasteiger partial charge in [-0.25, -0.2) is 0 Å². The Hall–Kier alpha value is -1.77. The number of amides is 1. The number of carbonyl (C=O) groups excluding carboxylic acids is 1. The van der Waals surface area contributed by atoms with E-state index in [1.165, 1.54) is 16.9 Å². The summed E-state index contributed by atoms with van der Waals surface area (Å²) in [5.41, 5.74) is 0.297. The van der Waals surface area contributed by atoms with Crippen molar-refractivity contribution in [2.75, 3.05) is 6.26 Å². The van der Waals surface area contributed by atoms with Crippen LogP contribution in [0.25, 0.3) is 0 Å². The minimum atomic E-state index is -0.868. The molecule has 0 fully saturated rings. The SMILES string of the molecule is CSc1ccsc1C(=O)N[C@](C)(C#N)CCc1ccccc1. The molecule has 0 aliphatic heterocycles. The van der Waals surface area contributed by atoms with Crippen molar-refractivity contribution in [1.82, 2.24) is 5.32 Å². The van der Waals surface area contributed by atoms with Crippen LogP contribution in [-0.4, -0.2) is 17.7 Å². The third-order valence-electron chi connectivity index (χ3n) is 3.45. The predicted octanol–water partition coefficient (Wildman–Crippen LogP) is 4.11. The average Bonchev–Trinajstić information content (AvgIpc) is 3.03. The lowest BCUT2D eigenvalue weighted by atomic mass is 9.94. The third kappa shape index (κ3) is 4.12. The maximum Gasteiger partial charge on any atom is 0.263 e. The van der Waals surface area contributed by atoms with Gasteiger partial charge in [0.05, 0.1) is 6.07 Å². The van der Waals surface area contributed by atoms with Crippen molar-refractivity contribution in [3.63, 3.8) is 0 Å². The molecule has 0 saturated heterocycles. The van der Waals surface area contributed by atoms with Gasteiger partial charge in [-0.05, 0) is 43.0 Å². The molecule has 0 spiro atoms. The minimum Gasteiger partial charge on any atom is -0.333 e. The number of rotatable bonds is 6. The molecule has 0 radical (unpaired) electrons. The Labute approximate surface area is 139 Å². The lowest BCUT2D eigenvalue weighted by molar-refractivity contribution is 0.0923. The molecule has 0 unspecified atom stereocenters. The molecule has 0 saturated carbocycles. The second-order valence-corrected chi connectivity index (χ2v) is 6.97. The number of hydrogen-bond acceptors (Lipinski definition) is 4. The number of aryl methyl sites for hydroxylation is 1. The van der Waals surface area contributed by atoms with Gasteiger partial charge in [0.15, 0.2) is 0 Å². The molecule has 0 aliphatic carbocycles. The van der Waals surface area contributed by atoms with Gasteiger partial charge in [0, 0.05) is 4.90 Å². The molecule has 1 aromatic carbocycles. The number of carbonyl (C=O) groups is 1. The third-order valence-corrected chi connectivity index (χ3v) is 5.27. The lowest BCUT2D eigenvalue weighted by Gasteiger charge is -2.23. The van der Waals surface area contributed by atoms with Crippen LogP contribution in [0.2, 0.25) is 0 Å². The zero-order valence-corrected chi connectivity index (χ0v) is 14.3. The van der Waals surface area contributed by atoms with Crippen LogP contribution in [0.15, 0.2) is 46.7 Å². The number of benzene rings is 1. The molecule has 3 nitrogen and oxygen atoms in total. The van der Waals surface area contributed by atoms with Gasteiger partial charge in [0.1, 0.15) is 10.4 Å². The summed E-state index contributed by atoms with van der Waals surface area (Å²) in [5.74, 6) is -0.170. The molecule has 1 heterocycles. The van der Waals surface area contributed by atoms with Gasteiger partial charge < -0.3 is 5.32 Å². The van der Waals surface area contributed by atoms with E-state index in [2.05, 4.69) is 11.4 Å². The Morgan fingerprint density at radius 2 is 2.09 bits per heavy atom. The number of hydrogen-bond donors (Lipinski definition) is 1. The van der Waals surface area contributed by atoms with Crippen LogP contribution in [0, 0.1) is 11.3 Å². The second kappa shape index (κ2) is 7.48. The first-order valence-electron chi connectivity index (χ1n) is 6.97. The summed E-state index contributed by atoms with van der Waals surface area (Å²) in [5, 5.41) is 14.3. The first-order valence-corrected chi connectivity index (χ1v) is 9.07. The number of nitrogens with one attached hydrogen (secondary N) is 1. The van der Waals surface area contributed by atoms with Gasteiger partial charge in [-0.15, -0.1) is 23.1 Å². The van der Waals surface area contributed by atoms with Crippen molar-refractivity contribution >= 4 is 29.0 Å². The Morgan fingerprint density at radius 1 is 1.36 bits per heavy atom. The normalized spacial score (nSPS) is 13.1. The van der Waals surface area contributed by atoms with Gasteiger partial charge in [-0.1, -0.05) is 30.3 Å². The van der Waals surface area contributed by atoms with Crippen molar-refractivity contribution in [3.05, 3.63) is 52.2 Å². The van der Waals surface area contributed by atoms with Gasteiger partial charge in [-0.2, -0.15) is 5.26 Å². The van der Waals surface area contributed by atoms with E-state index >= 15 is 0 Å². The van der Waals surface area contributed by atoms with E-state index in [0.717, 1.165) is 11.3 Å². The molecule has 22 heavy (non-hydrogen) atoms. The van der Waals surface area contributed by atoms with Crippen LogP contribution < -0.4 is 5.32 Å². The second-order valence-electron chi connectivity index (χ2n) is 5.20. The predicted molar refractivity (Wildman–Crippen MR) is 92.3 cm³/mol. The van der Waals surface area contributed by atoms with E-state index in [0.29, 0.717) is 11.3 Å². The zero-order chi connectivity index (χ0) is 16.0. The maximum atomic E-state index is 12.4. The molecule has 1 aromatic heterocycles. The van der Waals surface area contributed by atoms with Crippen molar-refractivity contribution in [2.45, 2.75) is 30.2 Å². The van der Waals surface area contributed by atoms with E-state index in [4.69, 9.17) is 0 Å². The first-order chi connectivity index (χ1) is 10.6. The number of nitrogens with zero attached hydrogens (tertiary/aromatic N) is 1. The van der Waals surface area contributed by atoms with Crippen LogP contribution in [0.3, 0.4) is 0 Å². The fourth-order valence-corrected chi connectivity index (χ4v) is 3.76. The molecule has 2 aromatic rings. The summed E-state index contributed by atoms with van der Waals surface area (Å²) in [7, 11) is 0. The van der Waals surface area contributed by atoms with Crippen LogP contribution >= 0.6 is 23.1 Å². The highest BCUT2D eigenvalue weighted by Gasteiger charge is 2.27. The van der Waals surface area contributed by atoms with Crippen LogP contribution in [0.1, 0.15) is 28.6 Å². The molecule has 2 rings (SSSR count). The molecule has 1 amide bonds. The van der Waals surface area contributed by atoms with Crippen molar-refractivity contribution in [2.24, 2.45) is 0 Å². The van der Waals surface area contributed by atoms with E-state index in [9.17, 15) is 10.1 Å². The molecule has 0 bridgehead atoms. The molecular weight excluding hydrogens is 312 g/mol. The Kier molecular flexibility index (Phi) is 5.64. The van der Waals surface area contributed by atoms with E-state index < -0.39 is 5.54 Å². The fourth-order valence-electron chi connectivity index (χ4n) is 2.12. The summed E-state index contributed by atoms with van der Waals surface area (Å²) in [4.78, 5) is 14.0. The molecular formula is C17H18N2OS2. The Balaban J connectivity index is 2.04. The first kappa shape index (κ1) is 16.6. The van der Waals surface area contributed by atoms with Gasteiger partial charge in [0.2, 0.25) is 0 Å². The van der Waals surface area contributed by atoms with E-state index in [1.807, 2.05) is 48.0 Å². The average molecular weight is 330 g/mol. The monoisotopic (exact) mass is 330 g/mol. The summed E-state index contributed by atoms with van der Waals surface area (Å²) in [6, 6.07) is 14.2. The highest BCUT2D eigenvalue weighted by molar-refractivity contribution is 7.98.